The van der Waals surface area contributed by atoms with Gasteiger partial charge in [0, 0.05) is 0 Å². The van der Waals surface area contributed by atoms with E-state index in [1.165, 1.54) is 7.11 Å². The first-order valence-electron chi connectivity index (χ1n) is 4.61. The summed E-state index contributed by atoms with van der Waals surface area (Å²) in [4.78, 5) is 11.0. The van der Waals surface area contributed by atoms with E-state index >= 15 is 0 Å². The number of allylic oxidation sites excluding steroid dienone is 1. The Morgan fingerprint density at radius 1 is 1.20 bits per heavy atom. The van der Waals surface area contributed by atoms with E-state index in [1.54, 1.807) is 13.2 Å². The molecule has 0 fully saturated rings. The monoisotopic (exact) mass is 206 g/mol. The third-order valence-electron chi connectivity index (χ3n) is 2.08. The van der Waals surface area contributed by atoms with Gasteiger partial charge in [-0.25, -0.2) is 0 Å². The van der Waals surface area contributed by atoms with Crippen LogP contribution in [0.3, 0.4) is 0 Å². The Morgan fingerprint density at radius 3 is 2.40 bits per heavy atom. The van der Waals surface area contributed by atoms with Gasteiger partial charge in [0.1, 0.15) is 0 Å². The highest BCUT2D eigenvalue weighted by Gasteiger charge is 2.12. The number of hydrogen-bond donors (Lipinski definition) is 0. The van der Waals surface area contributed by atoms with E-state index in [0.29, 0.717) is 17.1 Å². The largest absolute Gasteiger partial charge is 0.493 e. The predicted molar refractivity (Wildman–Crippen MR) is 59.6 cm³/mol. The van der Waals surface area contributed by atoms with E-state index in [0.717, 1.165) is 11.8 Å². The highest BCUT2D eigenvalue weighted by molar-refractivity contribution is 5.87. The van der Waals surface area contributed by atoms with E-state index in [9.17, 15) is 4.79 Å². The lowest BCUT2D eigenvalue weighted by Crippen LogP contribution is -1.97. The lowest BCUT2D eigenvalue weighted by molar-refractivity contribution is 0.112. The second-order valence-corrected chi connectivity index (χ2v) is 2.92. The van der Waals surface area contributed by atoms with Crippen LogP contribution >= 0.6 is 0 Å². The fraction of sp³-hybridized carbons (Fsp3) is 0.250. The van der Waals surface area contributed by atoms with Gasteiger partial charge < -0.3 is 9.47 Å². The molecule has 0 amide bonds. The van der Waals surface area contributed by atoms with Crippen molar-refractivity contribution in [2.24, 2.45) is 0 Å². The molecule has 0 N–H and O–H groups in total. The van der Waals surface area contributed by atoms with Crippen LogP contribution in [-0.4, -0.2) is 20.5 Å². The molecule has 0 bridgehead atoms. The molecule has 1 aromatic carbocycles. The molecule has 15 heavy (non-hydrogen) atoms. The first kappa shape index (κ1) is 11.3. The van der Waals surface area contributed by atoms with Gasteiger partial charge in [-0.05, 0) is 18.6 Å². The molecule has 0 aliphatic rings. The minimum Gasteiger partial charge on any atom is -0.493 e. The lowest BCUT2D eigenvalue weighted by atomic mass is 10.1. The summed E-state index contributed by atoms with van der Waals surface area (Å²) in [5.41, 5.74) is 1.33. The minimum absolute atomic E-state index is 0.475. The molecule has 0 saturated carbocycles. The maximum atomic E-state index is 11.0. The van der Waals surface area contributed by atoms with Crippen molar-refractivity contribution in [2.45, 2.75) is 6.92 Å². The minimum atomic E-state index is 0.475. The van der Waals surface area contributed by atoms with Crippen molar-refractivity contribution in [3.05, 3.63) is 29.3 Å². The summed E-state index contributed by atoms with van der Waals surface area (Å²) < 4.78 is 10.3. The smallest absolute Gasteiger partial charge is 0.171 e. The molecule has 0 radical (unpaired) electrons. The van der Waals surface area contributed by atoms with E-state index in [4.69, 9.17) is 9.47 Å². The number of benzene rings is 1. The first-order valence-corrected chi connectivity index (χ1v) is 4.61. The zero-order chi connectivity index (χ0) is 11.3. The molecule has 0 aliphatic carbocycles. The van der Waals surface area contributed by atoms with Crippen molar-refractivity contribution in [1.82, 2.24) is 0 Å². The molecule has 0 aromatic heterocycles. The van der Waals surface area contributed by atoms with E-state index in [2.05, 4.69) is 0 Å². The lowest BCUT2D eigenvalue weighted by Gasteiger charge is -2.11. The Balaban J connectivity index is 3.40. The Bertz CT molecular complexity index is 381. The average Bonchev–Trinajstić information content (AvgIpc) is 2.28. The van der Waals surface area contributed by atoms with Gasteiger partial charge in [0.2, 0.25) is 0 Å². The van der Waals surface area contributed by atoms with Crippen molar-refractivity contribution < 1.29 is 14.3 Å². The van der Waals surface area contributed by atoms with Crippen LogP contribution in [0.25, 0.3) is 6.08 Å². The second kappa shape index (κ2) is 5.20. The highest BCUT2D eigenvalue weighted by Crippen LogP contribution is 2.32. The van der Waals surface area contributed by atoms with Crippen LogP contribution in [0.5, 0.6) is 11.5 Å². The molecule has 0 aliphatic heterocycles. The summed E-state index contributed by atoms with van der Waals surface area (Å²) >= 11 is 0. The molecule has 0 saturated heterocycles. The number of methoxy groups -OCH3 is 2. The van der Waals surface area contributed by atoms with Crippen molar-refractivity contribution in [3.63, 3.8) is 0 Å². The Morgan fingerprint density at radius 2 is 1.93 bits per heavy atom. The van der Waals surface area contributed by atoms with Gasteiger partial charge in [0.15, 0.2) is 17.8 Å². The molecular formula is C12H14O3. The standard InChI is InChI=1S/C12H14O3/c1-4-5-9-6-7-11(14-2)12(15-3)10(9)8-13/h4-8H,1-3H3/b5-4+. The quantitative estimate of drug-likeness (QED) is 0.710. The fourth-order valence-electron chi connectivity index (χ4n) is 1.41. The third-order valence-corrected chi connectivity index (χ3v) is 2.08. The number of ether oxygens (including phenoxy) is 2. The summed E-state index contributed by atoms with van der Waals surface area (Å²) in [6.45, 7) is 1.89. The van der Waals surface area contributed by atoms with Crippen LogP contribution in [0.2, 0.25) is 0 Å². The van der Waals surface area contributed by atoms with Gasteiger partial charge in [-0.1, -0.05) is 18.2 Å². The zero-order valence-electron chi connectivity index (χ0n) is 9.11. The van der Waals surface area contributed by atoms with Crippen molar-refractivity contribution >= 4 is 12.4 Å². The topological polar surface area (TPSA) is 35.5 Å². The maximum absolute atomic E-state index is 11.0. The molecular weight excluding hydrogens is 192 g/mol. The molecule has 1 rings (SSSR count). The number of hydrogen-bond acceptors (Lipinski definition) is 3. The van der Waals surface area contributed by atoms with Gasteiger partial charge >= 0.3 is 0 Å². The zero-order valence-corrected chi connectivity index (χ0v) is 9.11. The molecule has 80 valence electrons. The fourth-order valence-corrected chi connectivity index (χ4v) is 1.41. The second-order valence-electron chi connectivity index (χ2n) is 2.92. The predicted octanol–water partition coefficient (Wildman–Crippen LogP) is 2.55. The van der Waals surface area contributed by atoms with Gasteiger partial charge in [-0.3, -0.25) is 4.79 Å². The number of carbonyl (C=O) groups is 1. The molecule has 3 nitrogen and oxygen atoms in total. The first-order chi connectivity index (χ1) is 7.28. The van der Waals surface area contributed by atoms with Crippen LogP contribution in [0, 0.1) is 0 Å². The highest BCUT2D eigenvalue weighted by atomic mass is 16.5. The number of aldehydes is 1. The SMILES string of the molecule is C/C=C/c1ccc(OC)c(OC)c1C=O. The Kier molecular flexibility index (Phi) is 3.92. The molecule has 0 spiro atoms. The van der Waals surface area contributed by atoms with Crippen LogP contribution in [0.4, 0.5) is 0 Å². The normalized spacial score (nSPS) is 10.3. The van der Waals surface area contributed by atoms with Crippen LogP contribution in [0.1, 0.15) is 22.8 Å². The van der Waals surface area contributed by atoms with Crippen molar-refractivity contribution in [3.8, 4) is 11.5 Å². The van der Waals surface area contributed by atoms with Crippen molar-refractivity contribution in [2.75, 3.05) is 14.2 Å². The Hall–Kier alpha value is -1.77. The summed E-state index contributed by atoms with van der Waals surface area (Å²) in [5.74, 6) is 1.04. The number of carbonyl (C=O) groups excluding carboxylic acids is 1. The van der Waals surface area contributed by atoms with Gasteiger partial charge in [0.05, 0.1) is 19.8 Å². The van der Waals surface area contributed by atoms with Gasteiger partial charge in [0.25, 0.3) is 0 Å². The van der Waals surface area contributed by atoms with Crippen LogP contribution in [0.15, 0.2) is 18.2 Å². The summed E-state index contributed by atoms with van der Waals surface area (Å²) in [6.07, 6.45) is 4.50. The van der Waals surface area contributed by atoms with E-state index < -0.39 is 0 Å². The summed E-state index contributed by atoms with van der Waals surface area (Å²) in [6, 6.07) is 3.60. The van der Waals surface area contributed by atoms with E-state index in [-0.39, 0.29) is 0 Å². The number of rotatable bonds is 4. The van der Waals surface area contributed by atoms with Crippen LogP contribution < -0.4 is 9.47 Å². The molecule has 0 atom stereocenters. The van der Waals surface area contributed by atoms with Crippen LogP contribution in [-0.2, 0) is 0 Å². The maximum Gasteiger partial charge on any atom is 0.171 e. The summed E-state index contributed by atoms with van der Waals surface area (Å²) in [5, 5.41) is 0. The molecule has 0 unspecified atom stereocenters. The van der Waals surface area contributed by atoms with Gasteiger partial charge in [-0.2, -0.15) is 0 Å². The Labute approximate surface area is 89.3 Å². The van der Waals surface area contributed by atoms with E-state index in [1.807, 2.05) is 25.1 Å². The van der Waals surface area contributed by atoms with Crippen molar-refractivity contribution in [1.29, 1.82) is 0 Å². The molecule has 3 heteroatoms. The van der Waals surface area contributed by atoms with Gasteiger partial charge in [-0.15, -0.1) is 0 Å². The molecule has 0 heterocycles. The summed E-state index contributed by atoms with van der Waals surface area (Å²) in [7, 11) is 3.06. The molecule has 1 aromatic rings. The third kappa shape index (κ3) is 2.18. The average molecular weight is 206 g/mol.